The van der Waals surface area contributed by atoms with Gasteiger partial charge in [-0.25, -0.2) is 4.99 Å². The number of hydrogen-bond acceptors (Lipinski definition) is 3. The van der Waals surface area contributed by atoms with Crippen molar-refractivity contribution in [2.45, 2.75) is 27.4 Å². The molecule has 0 aliphatic heterocycles. The Morgan fingerprint density at radius 3 is 2.52 bits per heavy atom. The van der Waals surface area contributed by atoms with Gasteiger partial charge in [-0.3, -0.25) is 0 Å². The summed E-state index contributed by atoms with van der Waals surface area (Å²) in [5.74, 6) is 1.18. The molecule has 148 valence electrons. The van der Waals surface area contributed by atoms with E-state index in [9.17, 15) is 0 Å². The Hall–Kier alpha value is -3.04. The van der Waals surface area contributed by atoms with Gasteiger partial charge in [-0.05, 0) is 79.4 Å². The van der Waals surface area contributed by atoms with E-state index in [1.165, 1.54) is 11.1 Å². The molecular formula is C25H24ClNO2. The van der Waals surface area contributed by atoms with Crippen molar-refractivity contribution in [3.8, 4) is 5.75 Å². The topological polar surface area (TPSA) is 30.8 Å². The number of aliphatic imine (C=N–C) groups is 1. The predicted molar refractivity (Wildman–Crippen MR) is 120 cm³/mol. The molecule has 3 aromatic carbocycles. The van der Waals surface area contributed by atoms with Crippen LogP contribution in [0.4, 0.5) is 5.69 Å². The minimum absolute atomic E-state index is 0.415. The quantitative estimate of drug-likeness (QED) is 0.248. The molecule has 0 saturated carbocycles. The van der Waals surface area contributed by atoms with Crippen LogP contribution in [-0.2, 0) is 11.3 Å². The summed E-state index contributed by atoms with van der Waals surface area (Å²) < 4.78 is 11.6. The van der Waals surface area contributed by atoms with E-state index in [4.69, 9.17) is 21.1 Å². The second-order valence-corrected chi connectivity index (χ2v) is 7.32. The molecule has 0 amide bonds. The van der Waals surface area contributed by atoms with Gasteiger partial charge in [0, 0.05) is 11.1 Å². The van der Waals surface area contributed by atoms with Crippen LogP contribution in [0.5, 0.6) is 5.75 Å². The van der Waals surface area contributed by atoms with Crippen LogP contribution < -0.4 is 4.74 Å². The molecule has 0 aliphatic rings. The van der Waals surface area contributed by atoms with Crippen LogP contribution in [0.25, 0.3) is 0 Å². The molecule has 3 nitrogen and oxygen atoms in total. The Bertz CT molecular complexity index is 1040. The first kappa shape index (κ1) is 20.7. The highest BCUT2D eigenvalue weighted by atomic mass is 35.5. The van der Waals surface area contributed by atoms with E-state index < -0.39 is 0 Å². The Kier molecular flexibility index (Phi) is 7.09. The number of ether oxygens (including phenoxy) is 2. The maximum atomic E-state index is 6.01. The van der Waals surface area contributed by atoms with Gasteiger partial charge in [0.2, 0.25) is 5.90 Å². The molecule has 0 saturated heterocycles. The maximum absolute atomic E-state index is 6.01. The summed E-state index contributed by atoms with van der Waals surface area (Å²) in [6, 6.07) is 21.5. The van der Waals surface area contributed by atoms with Crippen LogP contribution in [0.1, 0.15) is 22.3 Å². The molecule has 0 aliphatic carbocycles. The molecular weight excluding hydrogens is 382 g/mol. The van der Waals surface area contributed by atoms with Gasteiger partial charge in [0.1, 0.15) is 12.4 Å². The number of hydrogen-bond donors (Lipinski definition) is 0. The zero-order valence-electron chi connectivity index (χ0n) is 16.9. The Balaban J connectivity index is 1.77. The summed E-state index contributed by atoms with van der Waals surface area (Å²) in [6.45, 7) is 6.59. The molecule has 3 aromatic rings. The lowest BCUT2D eigenvalue weighted by molar-refractivity contribution is 0.236. The third-order valence-corrected chi connectivity index (χ3v) is 4.62. The SMILES string of the molecule is Cc1cccc(OC(C=COCc2cccc(Cl)c2)=Nc2ccc(C)c(C)c2)c1. The van der Waals surface area contributed by atoms with Crippen molar-refractivity contribution in [2.75, 3.05) is 0 Å². The predicted octanol–water partition coefficient (Wildman–Crippen LogP) is 7.10. The van der Waals surface area contributed by atoms with Gasteiger partial charge in [0.15, 0.2) is 0 Å². The van der Waals surface area contributed by atoms with Crippen LogP contribution in [0, 0.1) is 20.8 Å². The molecule has 0 N–H and O–H groups in total. The molecule has 0 radical (unpaired) electrons. The fraction of sp³-hybridized carbons (Fsp3) is 0.160. The third-order valence-electron chi connectivity index (χ3n) is 4.39. The summed E-state index contributed by atoms with van der Waals surface area (Å²) in [5, 5.41) is 0.690. The van der Waals surface area contributed by atoms with Crippen molar-refractivity contribution < 1.29 is 9.47 Å². The maximum Gasteiger partial charge on any atom is 0.222 e. The number of nitrogens with zero attached hydrogens (tertiary/aromatic N) is 1. The van der Waals surface area contributed by atoms with Gasteiger partial charge in [0.05, 0.1) is 11.9 Å². The minimum Gasteiger partial charge on any atom is -0.496 e. The van der Waals surface area contributed by atoms with E-state index in [0.717, 1.165) is 22.6 Å². The second-order valence-electron chi connectivity index (χ2n) is 6.88. The van der Waals surface area contributed by atoms with Gasteiger partial charge in [-0.1, -0.05) is 41.9 Å². The largest absolute Gasteiger partial charge is 0.496 e. The highest BCUT2D eigenvalue weighted by Crippen LogP contribution is 2.19. The zero-order valence-corrected chi connectivity index (χ0v) is 17.6. The lowest BCUT2D eigenvalue weighted by Crippen LogP contribution is -2.05. The van der Waals surface area contributed by atoms with E-state index in [2.05, 4.69) is 24.9 Å². The van der Waals surface area contributed by atoms with Crippen molar-refractivity contribution in [3.05, 3.63) is 106 Å². The van der Waals surface area contributed by atoms with Gasteiger partial charge < -0.3 is 9.47 Å². The van der Waals surface area contributed by atoms with Crippen LogP contribution in [0.15, 0.2) is 84.1 Å². The normalized spacial score (nSPS) is 11.7. The molecule has 0 bridgehead atoms. The highest BCUT2D eigenvalue weighted by Gasteiger charge is 2.03. The van der Waals surface area contributed by atoms with Crippen molar-refractivity contribution >= 4 is 23.2 Å². The summed E-state index contributed by atoms with van der Waals surface area (Å²) >= 11 is 6.01. The lowest BCUT2D eigenvalue weighted by Gasteiger charge is -2.08. The number of aryl methyl sites for hydroxylation is 3. The smallest absolute Gasteiger partial charge is 0.222 e. The van der Waals surface area contributed by atoms with E-state index in [1.807, 2.05) is 67.6 Å². The van der Waals surface area contributed by atoms with E-state index in [-0.39, 0.29) is 0 Å². The van der Waals surface area contributed by atoms with Gasteiger partial charge in [-0.2, -0.15) is 0 Å². The van der Waals surface area contributed by atoms with Crippen LogP contribution in [0.3, 0.4) is 0 Å². The number of benzene rings is 3. The summed E-state index contributed by atoms with van der Waals surface area (Å²) in [6.07, 6.45) is 3.32. The third kappa shape index (κ3) is 6.51. The molecule has 0 unspecified atom stereocenters. The molecule has 3 rings (SSSR count). The molecule has 0 heterocycles. The standard InChI is InChI=1S/C25H24ClNO2/c1-18-6-4-9-24(14-18)29-25(27-23-11-10-19(2)20(3)15-23)12-13-28-17-21-7-5-8-22(26)16-21/h4-16H,17H2,1-3H3. The first-order chi connectivity index (χ1) is 14.0. The first-order valence-electron chi connectivity index (χ1n) is 9.43. The van der Waals surface area contributed by atoms with Crippen molar-refractivity contribution in [1.82, 2.24) is 0 Å². The summed E-state index contributed by atoms with van der Waals surface area (Å²) in [4.78, 5) is 4.65. The zero-order chi connectivity index (χ0) is 20.6. The van der Waals surface area contributed by atoms with E-state index >= 15 is 0 Å². The molecule has 29 heavy (non-hydrogen) atoms. The second kappa shape index (κ2) is 9.94. The first-order valence-corrected chi connectivity index (χ1v) is 9.80. The summed E-state index contributed by atoms with van der Waals surface area (Å²) in [5.41, 5.74) is 5.35. The molecule has 4 heteroatoms. The van der Waals surface area contributed by atoms with Gasteiger partial charge in [0.25, 0.3) is 0 Å². The number of halogens is 1. The Morgan fingerprint density at radius 1 is 0.931 bits per heavy atom. The van der Waals surface area contributed by atoms with E-state index in [0.29, 0.717) is 17.5 Å². The average molecular weight is 406 g/mol. The van der Waals surface area contributed by atoms with Gasteiger partial charge in [-0.15, -0.1) is 0 Å². The number of rotatable bonds is 6. The van der Waals surface area contributed by atoms with Crippen LogP contribution in [-0.4, -0.2) is 5.90 Å². The lowest BCUT2D eigenvalue weighted by atomic mass is 10.1. The molecule has 0 aromatic heterocycles. The monoisotopic (exact) mass is 405 g/mol. The fourth-order valence-corrected chi connectivity index (χ4v) is 2.91. The van der Waals surface area contributed by atoms with Crippen molar-refractivity contribution in [1.29, 1.82) is 0 Å². The fourth-order valence-electron chi connectivity index (χ4n) is 2.69. The Morgan fingerprint density at radius 2 is 1.76 bits per heavy atom. The highest BCUT2D eigenvalue weighted by molar-refractivity contribution is 6.30. The van der Waals surface area contributed by atoms with Crippen molar-refractivity contribution in [3.63, 3.8) is 0 Å². The average Bonchev–Trinajstić information content (AvgIpc) is 2.68. The molecule has 0 atom stereocenters. The van der Waals surface area contributed by atoms with E-state index in [1.54, 1.807) is 12.3 Å². The Labute approximate surface area is 177 Å². The summed E-state index contributed by atoms with van der Waals surface area (Å²) in [7, 11) is 0. The van der Waals surface area contributed by atoms with Crippen LogP contribution >= 0.6 is 11.6 Å². The van der Waals surface area contributed by atoms with Crippen molar-refractivity contribution in [2.24, 2.45) is 4.99 Å². The minimum atomic E-state index is 0.415. The molecule has 0 spiro atoms. The van der Waals surface area contributed by atoms with Gasteiger partial charge >= 0.3 is 0 Å². The van der Waals surface area contributed by atoms with Crippen LogP contribution in [0.2, 0.25) is 5.02 Å². The molecule has 0 fully saturated rings.